The summed E-state index contributed by atoms with van der Waals surface area (Å²) in [5.74, 6) is 0.108. The minimum absolute atomic E-state index is 0.195. The monoisotopic (exact) mass is 289 g/mol. The topological polar surface area (TPSA) is 39.2 Å². The Hall–Kier alpha value is -1.55. The van der Waals surface area contributed by atoms with Crippen LogP contribution in [0.25, 0.3) is 10.9 Å². The van der Waals surface area contributed by atoms with Crippen LogP contribution < -0.4 is 0 Å². The number of rotatable bonds is 4. The number of hydrogen-bond donors (Lipinski definition) is 0. The number of aryl methyl sites for hydroxylation is 3. The molecule has 0 N–H and O–H groups in total. The minimum atomic E-state index is -0.195. The van der Waals surface area contributed by atoms with Crippen LogP contribution in [-0.4, -0.2) is 23.3 Å². The molecule has 1 aromatic carbocycles. The fourth-order valence-corrected chi connectivity index (χ4v) is 2.98. The summed E-state index contributed by atoms with van der Waals surface area (Å²) in [7, 11) is 0. The molecule has 1 aromatic heterocycles. The number of fused-ring (bicyclic) bond motifs is 1. The number of aromatic nitrogens is 1. The van der Waals surface area contributed by atoms with Gasteiger partial charge in [-0.05, 0) is 56.5 Å². The molecule has 3 nitrogen and oxygen atoms in total. The largest absolute Gasteiger partial charge is 0.465 e. The third-order valence-electron chi connectivity index (χ3n) is 3.06. The van der Waals surface area contributed by atoms with Crippen LogP contribution in [0.2, 0.25) is 0 Å². The smallest absolute Gasteiger partial charge is 0.316 e. The molecule has 0 atom stereocenters. The van der Waals surface area contributed by atoms with Gasteiger partial charge in [0.25, 0.3) is 0 Å². The van der Waals surface area contributed by atoms with Crippen molar-refractivity contribution in [2.75, 3.05) is 12.4 Å². The highest BCUT2D eigenvalue weighted by atomic mass is 32.2. The third-order valence-corrected chi connectivity index (χ3v) is 4.13. The number of ether oxygens (including phenoxy) is 1. The van der Waals surface area contributed by atoms with Crippen molar-refractivity contribution in [1.82, 2.24) is 4.98 Å². The first-order chi connectivity index (χ1) is 9.51. The van der Waals surface area contributed by atoms with E-state index in [2.05, 4.69) is 37.0 Å². The number of thioether (sulfide) groups is 1. The average molecular weight is 289 g/mol. The molecule has 1 heterocycles. The molecule has 0 spiro atoms. The number of hydrogen-bond acceptors (Lipinski definition) is 4. The number of pyridine rings is 1. The molecule has 0 aliphatic heterocycles. The second kappa shape index (κ2) is 6.27. The fraction of sp³-hybridized carbons (Fsp3) is 0.375. The Morgan fingerprint density at radius 1 is 1.20 bits per heavy atom. The van der Waals surface area contributed by atoms with Crippen LogP contribution in [0.5, 0.6) is 0 Å². The zero-order chi connectivity index (χ0) is 14.7. The van der Waals surface area contributed by atoms with Gasteiger partial charge in [-0.3, -0.25) is 4.79 Å². The fourth-order valence-electron chi connectivity index (χ4n) is 2.19. The Bertz CT molecular complexity index is 652. The number of benzene rings is 1. The summed E-state index contributed by atoms with van der Waals surface area (Å²) >= 11 is 1.44. The van der Waals surface area contributed by atoms with Crippen molar-refractivity contribution in [2.24, 2.45) is 0 Å². The molecule has 106 valence electrons. The van der Waals surface area contributed by atoms with Crippen LogP contribution >= 0.6 is 11.8 Å². The number of carbonyl (C=O) groups is 1. The zero-order valence-electron chi connectivity index (χ0n) is 12.3. The molecular weight excluding hydrogens is 270 g/mol. The SMILES string of the molecule is CCOC(=O)CSc1nc2cc(C)cc(C)c2cc1C. The average Bonchev–Trinajstić information content (AvgIpc) is 2.38. The van der Waals surface area contributed by atoms with E-state index in [1.165, 1.54) is 28.3 Å². The van der Waals surface area contributed by atoms with Crippen LogP contribution in [-0.2, 0) is 9.53 Å². The number of esters is 1. The molecule has 0 bridgehead atoms. The Morgan fingerprint density at radius 2 is 1.95 bits per heavy atom. The van der Waals surface area contributed by atoms with Gasteiger partial charge in [0.05, 0.1) is 17.9 Å². The molecule has 0 radical (unpaired) electrons. The van der Waals surface area contributed by atoms with Crippen molar-refractivity contribution in [3.8, 4) is 0 Å². The molecule has 2 aromatic rings. The maximum atomic E-state index is 11.4. The van der Waals surface area contributed by atoms with E-state index in [-0.39, 0.29) is 5.97 Å². The molecule has 0 saturated heterocycles. The van der Waals surface area contributed by atoms with Crippen LogP contribution in [0, 0.1) is 20.8 Å². The van der Waals surface area contributed by atoms with Gasteiger partial charge >= 0.3 is 5.97 Å². The van der Waals surface area contributed by atoms with Gasteiger partial charge in [0, 0.05) is 5.39 Å². The predicted molar refractivity (Wildman–Crippen MR) is 83.3 cm³/mol. The van der Waals surface area contributed by atoms with Crippen molar-refractivity contribution in [3.63, 3.8) is 0 Å². The summed E-state index contributed by atoms with van der Waals surface area (Å²) in [5, 5.41) is 2.07. The Morgan fingerprint density at radius 3 is 2.65 bits per heavy atom. The van der Waals surface area contributed by atoms with Crippen LogP contribution in [0.15, 0.2) is 23.2 Å². The zero-order valence-corrected chi connectivity index (χ0v) is 13.1. The lowest BCUT2D eigenvalue weighted by Gasteiger charge is -2.09. The molecule has 4 heteroatoms. The lowest BCUT2D eigenvalue weighted by Crippen LogP contribution is -2.07. The van der Waals surface area contributed by atoms with E-state index in [9.17, 15) is 4.79 Å². The highest BCUT2D eigenvalue weighted by molar-refractivity contribution is 7.99. The Labute approximate surface area is 123 Å². The Kier molecular flexibility index (Phi) is 4.65. The molecule has 2 rings (SSSR count). The first-order valence-electron chi connectivity index (χ1n) is 6.68. The molecule has 20 heavy (non-hydrogen) atoms. The van der Waals surface area contributed by atoms with Gasteiger partial charge in [-0.15, -0.1) is 0 Å². The van der Waals surface area contributed by atoms with Crippen LogP contribution in [0.3, 0.4) is 0 Å². The highest BCUT2D eigenvalue weighted by Crippen LogP contribution is 2.27. The molecular formula is C16H19NO2S. The second-order valence-corrected chi connectivity index (χ2v) is 5.82. The lowest BCUT2D eigenvalue weighted by molar-refractivity contribution is -0.139. The summed E-state index contributed by atoms with van der Waals surface area (Å²) in [6.07, 6.45) is 0. The molecule has 0 fully saturated rings. The molecule has 0 aliphatic rings. The van der Waals surface area contributed by atoms with E-state index < -0.39 is 0 Å². The van der Waals surface area contributed by atoms with Crippen molar-refractivity contribution in [2.45, 2.75) is 32.7 Å². The Balaban J connectivity index is 2.30. The summed E-state index contributed by atoms with van der Waals surface area (Å²) in [6, 6.07) is 6.38. The summed E-state index contributed by atoms with van der Waals surface area (Å²) < 4.78 is 4.94. The van der Waals surface area contributed by atoms with Gasteiger partial charge in [0.1, 0.15) is 5.03 Å². The predicted octanol–water partition coefficient (Wildman–Crippen LogP) is 3.82. The van der Waals surface area contributed by atoms with E-state index in [4.69, 9.17) is 4.74 Å². The van der Waals surface area contributed by atoms with Crippen molar-refractivity contribution < 1.29 is 9.53 Å². The van der Waals surface area contributed by atoms with Gasteiger partial charge in [-0.25, -0.2) is 4.98 Å². The van der Waals surface area contributed by atoms with Gasteiger partial charge in [-0.2, -0.15) is 0 Å². The maximum absolute atomic E-state index is 11.4. The van der Waals surface area contributed by atoms with Crippen molar-refractivity contribution in [3.05, 3.63) is 34.9 Å². The van der Waals surface area contributed by atoms with E-state index in [0.29, 0.717) is 12.4 Å². The van der Waals surface area contributed by atoms with Gasteiger partial charge < -0.3 is 4.74 Å². The minimum Gasteiger partial charge on any atom is -0.465 e. The molecule has 0 aliphatic carbocycles. The number of carbonyl (C=O) groups excluding carboxylic acids is 1. The van der Waals surface area contributed by atoms with E-state index in [0.717, 1.165) is 16.1 Å². The number of nitrogens with zero attached hydrogens (tertiary/aromatic N) is 1. The molecule has 0 amide bonds. The van der Waals surface area contributed by atoms with Crippen molar-refractivity contribution in [1.29, 1.82) is 0 Å². The van der Waals surface area contributed by atoms with E-state index in [1.54, 1.807) is 0 Å². The lowest BCUT2D eigenvalue weighted by atomic mass is 10.1. The van der Waals surface area contributed by atoms with E-state index in [1.807, 2.05) is 13.8 Å². The van der Waals surface area contributed by atoms with E-state index >= 15 is 0 Å². The summed E-state index contributed by atoms with van der Waals surface area (Å²) in [4.78, 5) is 16.1. The van der Waals surface area contributed by atoms with Crippen molar-refractivity contribution >= 4 is 28.6 Å². The quantitative estimate of drug-likeness (QED) is 0.633. The normalized spacial score (nSPS) is 10.8. The van der Waals surface area contributed by atoms with Gasteiger partial charge in [0.15, 0.2) is 0 Å². The van der Waals surface area contributed by atoms with Crippen LogP contribution in [0.4, 0.5) is 0 Å². The third kappa shape index (κ3) is 3.31. The highest BCUT2D eigenvalue weighted by Gasteiger charge is 2.09. The summed E-state index contributed by atoms with van der Waals surface area (Å²) in [5.41, 5.74) is 4.52. The maximum Gasteiger partial charge on any atom is 0.316 e. The summed E-state index contributed by atoms with van der Waals surface area (Å²) in [6.45, 7) is 8.43. The van der Waals surface area contributed by atoms with Gasteiger partial charge in [-0.1, -0.05) is 17.8 Å². The first-order valence-corrected chi connectivity index (χ1v) is 7.67. The van der Waals surface area contributed by atoms with Gasteiger partial charge in [0.2, 0.25) is 0 Å². The molecule has 0 saturated carbocycles. The standard InChI is InChI=1S/C16H19NO2S/c1-5-19-15(18)9-20-16-12(4)8-13-11(3)6-10(2)7-14(13)17-16/h6-8H,5,9H2,1-4H3. The first kappa shape index (κ1) is 14.9. The molecule has 0 unspecified atom stereocenters. The second-order valence-electron chi connectivity index (χ2n) is 4.85. The van der Waals surface area contributed by atoms with Crippen LogP contribution in [0.1, 0.15) is 23.6 Å².